The van der Waals surface area contributed by atoms with Gasteiger partial charge in [-0.25, -0.2) is 13.1 Å². The second-order valence-electron chi connectivity index (χ2n) is 5.35. The molecule has 3 aromatic rings. The summed E-state index contributed by atoms with van der Waals surface area (Å²) in [6, 6.07) is 8.70. The Kier molecular flexibility index (Phi) is 6.26. The molecule has 0 aliphatic rings. The van der Waals surface area contributed by atoms with E-state index in [1.165, 1.54) is 6.07 Å². The SMILES string of the molecule is CN=C(NCCNS(=O)(=O)c1ccc(Cl)s1)NCc1nnc2ccccn12. The van der Waals surface area contributed by atoms with Gasteiger partial charge in [-0.15, -0.1) is 21.5 Å². The van der Waals surface area contributed by atoms with Gasteiger partial charge in [-0.3, -0.25) is 9.39 Å². The quantitative estimate of drug-likeness (QED) is 0.295. The van der Waals surface area contributed by atoms with Gasteiger partial charge >= 0.3 is 0 Å². The molecule has 27 heavy (non-hydrogen) atoms. The van der Waals surface area contributed by atoms with Crippen LogP contribution in [0.15, 0.2) is 45.7 Å². The highest BCUT2D eigenvalue weighted by atomic mass is 35.5. The number of nitrogens with one attached hydrogen (secondary N) is 3. The van der Waals surface area contributed by atoms with Crippen LogP contribution in [0.2, 0.25) is 4.34 Å². The van der Waals surface area contributed by atoms with Crippen molar-refractivity contribution in [3.8, 4) is 0 Å². The van der Waals surface area contributed by atoms with E-state index < -0.39 is 10.0 Å². The normalized spacial score (nSPS) is 12.4. The lowest BCUT2D eigenvalue weighted by molar-refractivity contribution is 0.582. The lowest BCUT2D eigenvalue weighted by Gasteiger charge is -2.11. The van der Waals surface area contributed by atoms with Gasteiger partial charge in [-0.2, -0.15) is 0 Å². The van der Waals surface area contributed by atoms with Gasteiger partial charge in [0.1, 0.15) is 4.21 Å². The predicted octanol–water partition coefficient (Wildman–Crippen LogP) is 1.09. The first-order valence-electron chi connectivity index (χ1n) is 7.98. The molecule has 144 valence electrons. The summed E-state index contributed by atoms with van der Waals surface area (Å²) < 4.78 is 29.2. The van der Waals surface area contributed by atoms with Crippen molar-refractivity contribution in [2.45, 2.75) is 10.8 Å². The summed E-state index contributed by atoms with van der Waals surface area (Å²) in [5.74, 6) is 1.27. The predicted molar refractivity (Wildman–Crippen MR) is 106 cm³/mol. The number of sulfonamides is 1. The van der Waals surface area contributed by atoms with Crippen LogP contribution in [0.3, 0.4) is 0 Å². The van der Waals surface area contributed by atoms with Crippen molar-refractivity contribution in [2.24, 2.45) is 4.99 Å². The van der Waals surface area contributed by atoms with Crippen molar-refractivity contribution in [3.05, 3.63) is 46.7 Å². The van der Waals surface area contributed by atoms with Crippen LogP contribution in [0, 0.1) is 0 Å². The van der Waals surface area contributed by atoms with Crippen LogP contribution in [-0.4, -0.2) is 49.1 Å². The molecule has 9 nitrogen and oxygen atoms in total. The Morgan fingerprint density at radius 3 is 2.81 bits per heavy atom. The van der Waals surface area contributed by atoms with Crippen LogP contribution in [-0.2, 0) is 16.6 Å². The van der Waals surface area contributed by atoms with Gasteiger partial charge in [0.2, 0.25) is 10.0 Å². The van der Waals surface area contributed by atoms with E-state index in [-0.39, 0.29) is 10.8 Å². The third kappa shape index (κ3) is 4.95. The standard InChI is InChI=1S/C15H18ClN7O2S2/c1-17-15(19-10-13-22-21-12-4-2-3-9-23(12)13)18-7-8-20-27(24,25)14-6-5-11(16)26-14/h2-6,9,20H,7-8,10H2,1H3,(H2,17,18,19). The molecule has 0 aromatic carbocycles. The van der Waals surface area contributed by atoms with Gasteiger partial charge in [-0.05, 0) is 24.3 Å². The molecule has 0 unspecified atom stereocenters. The monoisotopic (exact) mass is 427 g/mol. The van der Waals surface area contributed by atoms with Crippen LogP contribution in [0.5, 0.6) is 0 Å². The van der Waals surface area contributed by atoms with Gasteiger partial charge in [0.15, 0.2) is 17.4 Å². The zero-order valence-electron chi connectivity index (χ0n) is 14.4. The Balaban J connectivity index is 1.47. The number of thiophene rings is 1. The molecule has 0 saturated carbocycles. The number of fused-ring (bicyclic) bond motifs is 1. The van der Waals surface area contributed by atoms with E-state index in [1.54, 1.807) is 13.1 Å². The minimum atomic E-state index is -3.55. The Morgan fingerprint density at radius 1 is 1.22 bits per heavy atom. The van der Waals surface area contributed by atoms with Gasteiger partial charge in [-0.1, -0.05) is 17.7 Å². The van der Waals surface area contributed by atoms with Crippen molar-refractivity contribution < 1.29 is 8.42 Å². The van der Waals surface area contributed by atoms with E-state index in [1.807, 2.05) is 28.8 Å². The molecular weight excluding hydrogens is 410 g/mol. The molecule has 3 N–H and O–H groups in total. The average Bonchev–Trinajstić information content (AvgIpc) is 3.28. The van der Waals surface area contributed by atoms with E-state index >= 15 is 0 Å². The summed E-state index contributed by atoms with van der Waals surface area (Å²) in [6.07, 6.45) is 1.88. The number of halogens is 1. The summed E-state index contributed by atoms with van der Waals surface area (Å²) in [4.78, 5) is 4.11. The molecule has 0 bridgehead atoms. The van der Waals surface area contributed by atoms with Crippen LogP contribution in [0.25, 0.3) is 5.65 Å². The first-order chi connectivity index (χ1) is 13.0. The van der Waals surface area contributed by atoms with Crippen molar-refractivity contribution >= 4 is 44.6 Å². The lowest BCUT2D eigenvalue weighted by atomic mass is 10.4. The van der Waals surface area contributed by atoms with Gasteiger partial charge in [0.25, 0.3) is 0 Å². The molecule has 0 spiro atoms. The smallest absolute Gasteiger partial charge is 0.250 e. The summed E-state index contributed by atoms with van der Waals surface area (Å²) in [6.45, 7) is 0.981. The number of aliphatic imine (C=N–C) groups is 1. The van der Waals surface area contributed by atoms with E-state index in [9.17, 15) is 8.42 Å². The summed E-state index contributed by atoms with van der Waals surface area (Å²) >= 11 is 6.79. The molecule has 0 fully saturated rings. The number of aromatic nitrogens is 3. The number of rotatable bonds is 7. The van der Waals surface area contributed by atoms with Crippen LogP contribution in [0.1, 0.15) is 5.82 Å². The number of pyridine rings is 1. The van der Waals surface area contributed by atoms with E-state index in [2.05, 4.69) is 30.5 Å². The first kappa shape index (κ1) is 19.5. The van der Waals surface area contributed by atoms with E-state index in [0.29, 0.717) is 23.4 Å². The topological polar surface area (TPSA) is 113 Å². The van der Waals surface area contributed by atoms with E-state index in [4.69, 9.17) is 11.6 Å². The number of guanidine groups is 1. The lowest BCUT2D eigenvalue weighted by Crippen LogP contribution is -2.41. The highest BCUT2D eigenvalue weighted by Crippen LogP contribution is 2.25. The average molecular weight is 428 g/mol. The minimum absolute atomic E-state index is 0.189. The largest absolute Gasteiger partial charge is 0.355 e. The molecule has 0 amide bonds. The molecule has 0 aliphatic carbocycles. The molecule has 0 aliphatic heterocycles. The molecule has 3 heterocycles. The molecule has 0 atom stereocenters. The maximum atomic E-state index is 12.1. The summed E-state index contributed by atoms with van der Waals surface area (Å²) in [5, 5.41) is 14.4. The summed E-state index contributed by atoms with van der Waals surface area (Å²) in [7, 11) is -1.92. The Hall–Kier alpha value is -2.21. The second kappa shape index (κ2) is 8.65. The van der Waals surface area contributed by atoms with Crippen molar-refractivity contribution in [3.63, 3.8) is 0 Å². The van der Waals surface area contributed by atoms with Crippen molar-refractivity contribution in [1.29, 1.82) is 0 Å². The van der Waals surface area contributed by atoms with Crippen LogP contribution < -0.4 is 15.4 Å². The molecular formula is C15H18ClN7O2S2. The summed E-state index contributed by atoms with van der Waals surface area (Å²) in [5.41, 5.74) is 0.764. The van der Waals surface area contributed by atoms with Gasteiger partial charge in [0, 0.05) is 26.3 Å². The number of nitrogens with zero attached hydrogens (tertiary/aromatic N) is 4. The zero-order valence-corrected chi connectivity index (χ0v) is 16.8. The fourth-order valence-electron chi connectivity index (χ4n) is 2.27. The Morgan fingerprint density at radius 2 is 2.07 bits per heavy atom. The highest BCUT2D eigenvalue weighted by molar-refractivity contribution is 7.91. The number of hydrogen-bond acceptors (Lipinski definition) is 6. The molecule has 0 saturated heterocycles. The fraction of sp³-hybridized carbons (Fsp3) is 0.267. The Labute approximate surface area is 165 Å². The number of hydrogen-bond donors (Lipinski definition) is 3. The van der Waals surface area contributed by atoms with Gasteiger partial charge < -0.3 is 10.6 Å². The molecule has 0 radical (unpaired) electrons. The maximum Gasteiger partial charge on any atom is 0.250 e. The van der Waals surface area contributed by atoms with Crippen LogP contribution in [0.4, 0.5) is 0 Å². The second-order valence-corrected chi connectivity index (χ2v) is 9.06. The Bertz CT molecular complexity index is 1050. The third-order valence-electron chi connectivity index (χ3n) is 3.54. The molecule has 3 aromatic heterocycles. The van der Waals surface area contributed by atoms with Crippen LogP contribution >= 0.6 is 22.9 Å². The third-order valence-corrected chi connectivity index (χ3v) is 6.73. The van der Waals surface area contributed by atoms with E-state index in [0.717, 1.165) is 22.8 Å². The zero-order chi connectivity index (χ0) is 19.3. The molecule has 12 heteroatoms. The van der Waals surface area contributed by atoms with Crippen molar-refractivity contribution in [2.75, 3.05) is 20.1 Å². The van der Waals surface area contributed by atoms with Gasteiger partial charge in [0.05, 0.1) is 10.9 Å². The molecule has 3 rings (SSSR count). The maximum absolute atomic E-state index is 12.1. The first-order valence-corrected chi connectivity index (χ1v) is 10.7. The fourth-order valence-corrected chi connectivity index (χ4v) is 4.83. The minimum Gasteiger partial charge on any atom is -0.355 e. The van der Waals surface area contributed by atoms with Crippen molar-refractivity contribution in [1.82, 2.24) is 30.0 Å². The highest BCUT2D eigenvalue weighted by Gasteiger charge is 2.15.